The highest BCUT2D eigenvalue weighted by Crippen LogP contribution is 2.37. The fourth-order valence-corrected chi connectivity index (χ4v) is 5.11. The molecule has 7 nitrogen and oxygen atoms in total. The summed E-state index contributed by atoms with van der Waals surface area (Å²) in [5, 5.41) is 0.205. The lowest BCUT2D eigenvalue weighted by Gasteiger charge is -2.33. The smallest absolute Gasteiger partial charge is 0.261 e. The largest absolute Gasteiger partial charge is 0.342 e. The van der Waals surface area contributed by atoms with Crippen LogP contribution < -0.4 is 5.56 Å². The lowest BCUT2D eigenvalue weighted by Crippen LogP contribution is -2.35. The van der Waals surface area contributed by atoms with E-state index < -0.39 is 5.25 Å². The first-order valence-corrected chi connectivity index (χ1v) is 10.9. The summed E-state index contributed by atoms with van der Waals surface area (Å²) in [5.41, 5.74) is 3.64. The fourth-order valence-electron chi connectivity index (χ4n) is 4.73. The van der Waals surface area contributed by atoms with E-state index in [1.807, 2.05) is 29.7 Å². The van der Waals surface area contributed by atoms with Crippen molar-refractivity contribution in [3.05, 3.63) is 58.3 Å². The number of H-pyrrole nitrogens is 1. The van der Waals surface area contributed by atoms with E-state index in [1.165, 1.54) is 12.7 Å². The van der Waals surface area contributed by atoms with Crippen LogP contribution in [0.1, 0.15) is 61.0 Å². The van der Waals surface area contributed by atoms with Gasteiger partial charge in [-0.2, -0.15) is 12.6 Å². The van der Waals surface area contributed by atoms with Crippen molar-refractivity contribution in [3.63, 3.8) is 0 Å². The van der Waals surface area contributed by atoms with Gasteiger partial charge in [-0.3, -0.25) is 9.36 Å². The van der Waals surface area contributed by atoms with Crippen LogP contribution in [-0.2, 0) is 0 Å². The molecular weight excluding hydrogens is 396 g/mol. The van der Waals surface area contributed by atoms with Crippen molar-refractivity contribution < 1.29 is 0 Å². The maximum Gasteiger partial charge on any atom is 0.261 e. The molecule has 0 bridgehead atoms. The summed E-state index contributed by atoms with van der Waals surface area (Å²) in [6.45, 7) is 4.20. The zero-order valence-corrected chi connectivity index (χ0v) is 17.9. The minimum absolute atomic E-state index is 0.0146. The molecule has 30 heavy (non-hydrogen) atoms. The van der Waals surface area contributed by atoms with Gasteiger partial charge in [0, 0.05) is 6.04 Å². The molecule has 4 aromatic rings. The molecule has 0 saturated heterocycles. The number of nitrogens with one attached hydrogen (secondary N) is 1. The summed E-state index contributed by atoms with van der Waals surface area (Å²) in [7, 11) is 0. The molecule has 0 aliphatic heterocycles. The van der Waals surface area contributed by atoms with E-state index in [2.05, 4.69) is 26.9 Å². The topological polar surface area (TPSA) is 89.3 Å². The van der Waals surface area contributed by atoms with E-state index in [1.54, 1.807) is 6.33 Å². The number of aryl methyl sites for hydroxylation is 1. The Morgan fingerprint density at radius 3 is 2.87 bits per heavy atom. The normalized spacial score (nSPS) is 20.6. The van der Waals surface area contributed by atoms with Gasteiger partial charge in [0.2, 0.25) is 0 Å². The Kier molecular flexibility index (Phi) is 4.81. The van der Waals surface area contributed by atoms with Crippen molar-refractivity contribution in [1.29, 1.82) is 0 Å². The third-order valence-electron chi connectivity index (χ3n) is 6.32. The standard InChI is InChI=1S/C22H24N6OS/c1-12-6-3-4-9-15(12)28-21(27-14-8-5-7-13(2)16(14)22(28)29)19(30)17-18-20(25-10-23-17)26-11-24-18/h5,7-8,10-12,15,19,30H,3-4,6,9H2,1-2H3,(H,23,24,25,26). The second-order valence-corrected chi connectivity index (χ2v) is 8.72. The molecule has 0 spiro atoms. The molecular formula is C22H24N6OS. The molecule has 1 aromatic carbocycles. The third-order valence-corrected chi connectivity index (χ3v) is 6.79. The molecule has 3 atom stereocenters. The number of thiol groups is 1. The zero-order chi connectivity index (χ0) is 20.8. The SMILES string of the molecule is Cc1cccc2nc(C(S)c3ncnc4nc[nH]c34)n(C3CCCCC3C)c(=O)c12. The Balaban J connectivity index is 1.79. The van der Waals surface area contributed by atoms with E-state index in [9.17, 15) is 4.79 Å². The number of imidazole rings is 1. The van der Waals surface area contributed by atoms with Gasteiger partial charge < -0.3 is 4.98 Å². The van der Waals surface area contributed by atoms with Crippen LogP contribution in [0.5, 0.6) is 0 Å². The Labute approximate surface area is 179 Å². The molecule has 1 saturated carbocycles. The Morgan fingerprint density at radius 1 is 1.20 bits per heavy atom. The summed E-state index contributed by atoms with van der Waals surface area (Å²) < 4.78 is 1.90. The van der Waals surface area contributed by atoms with Gasteiger partial charge in [0.25, 0.3) is 5.56 Å². The zero-order valence-electron chi connectivity index (χ0n) is 17.0. The number of hydrogen-bond donors (Lipinski definition) is 2. The fraction of sp³-hybridized carbons (Fsp3) is 0.409. The first-order chi connectivity index (χ1) is 14.6. The molecule has 5 rings (SSSR count). The maximum absolute atomic E-state index is 13.8. The molecule has 1 aliphatic carbocycles. The van der Waals surface area contributed by atoms with Gasteiger partial charge >= 0.3 is 0 Å². The summed E-state index contributed by atoms with van der Waals surface area (Å²) in [5.74, 6) is 1.03. The molecule has 1 N–H and O–H groups in total. The Hall–Kier alpha value is -2.74. The predicted octanol–water partition coefficient (Wildman–Crippen LogP) is 4.14. The Bertz CT molecular complexity index is 1300. The third kappa shape index (κ3) is 3.01. The van der Waals surface area contributed by atoms with Crippen molar-refractivity contribution in [2.24, 2.45) is 5.92 Å². The molecule has 3 unspecified atom stereocenters. The molecule has 8 heteroatoms. The van der Waals surface area contributed by atoms with Gasteiger partial charge in [0.1, 0.15) is 22.9 Å². The average Bonchev–Trinajstić information content (AvgIpc) is 3.23. The molecule has 3 aromatic heterocycles. The number of benzene rings is 1. The van der Waals surface area contributed by atoms with Crippen LogP contribution in [0.15, 0.2) is 35.6 Å². The summed E-state index contributed by atoms with van der Waals surface area (Å²) in [4.78, 5) is 34.8. The van der Waals surface area contributed by atoms with Crippen LogP contribution in [0.2, 0.25) is 0 Å². The van der Waals surface area contributed by atoms with Crippen LogP contribution in [0.3, 0.4) is 0 Å². The first kappa shape index (κ1) is 19.2. The van der Waals surface area contributed by atoms with E-state index >= 15 is 0 Å². The second kappa shape index (κ2) is 7.50. The predicted molar refractivity (Wildman–Crippen MR) is 120 cm³/mol. The number of fused-ring (bicyclic) bond motifs is 2. The van der Waals surface area contributed by atoms with Crippen LogP contribution in [0.4, 0.5) is 0 Å². The monoisotopic (exact) mass is 420 g/mol. The van der Waals surface area contributed by atoms with E-state index in [-0.39, 0.29) is 11.6 Å². The lowest BCUT2D eigenvalue weighted by molar-refractivity contribution is 0.246. The molecule has 1 fully saturated rings. The number of nitrogens with zero attached hydrogens (tertiary/aromatic N) is 5. The maximum atomic E-state index is 13.8. The first-order valence-electron chi connectivity index (χ1n) is 10.4. The molecule has 0 amide bonds. The van der Waals surface area contributed by atoms with Crippen LogP contribution in [0, 0.1) is 12.8 Å². The van der Waals surface area contributed by atoms with E-state index in [0.717, 1.165) is 30.3 Å². The number of rotatable bonds is 3. The van der Waals surface area contributed by atoms with Crippen LogP contribution >= 0.6 is 12.6 Å². The number of aromatic amines is 1. The summed E-state index contributed by atoms with van der Waals surface area (Å²) in [6, 6.07) is 5.91. The van der Waals surface area contributed by atoms with Crippen molar-refractivity contribution in [2.45, 2.75) is 50.8 Å². The average molecular weight is 421 g/mol. The lowest BCUT2D eigenvalue weighted by atomic mass is 9.85. The highest BCUT2D eigenvalue weighted by atomic mass is 32.1. The molecule has 154 valence electrons. The van der Waals surface area contributed by atoms with Crippen molar-refractivity contribution in [3.8, 4) is 0 Å². The molecule has 0 radical (unpaired) electrons. The van der Waals surface area contributed by atoms with Gasteiger partial charge in [0.05, 0.1) is 22.9 Å². The minimum atomic E-state index is -0.484. The van der Waals surface area contributed by atoms with E-state index in [4.69, 9.17) is 17.6 Å². The van der Waals surface area contributed by atoms with Crippen LogP contribution in [-0.4, -0.2) is 29.5 Å². The van der Waals surface area contributed by atoms with Crippen LogP contribution in [0.25, 0.3) is 22.1 Å². The summed E-state index contributed by atoms with van der Waals surface area (Å²) in [6.07, 6.45) is 7.47. The van der Waals surface area contributed by atoms with Gasteiger partial charge in [-0.1, -0.05) is 31.9 Å². The Morgan fingerprint density at radius 2 is 2.03 bits per heavy atom. The minimum Gasteiger partial charge on any atom is -0.342 e. The molecule has 3 heterocycles. The van der Waals surface area contributed by atoms with Crippen molar-refractivity contribution in [2.75, 3.05) is 0 Å². The van der Waals surface area contributed by atoms with Crippen molar-refractivity contribution >= 4 is 34.7 Å². The summed E-state index contributed by atoms with van der Waals surface area (Å²) >= 11 is 4.92. The quantitative estimate of drug-likeness (QED) is 0.486. The van der Waals surface area contributed by atoms with E-state index in [0.29, 0.717) is 34.0 Å². The van der Waals surface area contributed by atoms with Gasteiger partial charge in [-0.05, 0) is 37.3 Å². The molecule has 1 aliphatic rings. The number of hydrogen-bond acceptors (Lipinski definition) is 6. The second-order valence-electron chi connectivity index (χ2n) is 8.21. The van der Waals surface area contributed by atoms with Gasteiger partial charge in [-0.15, -0.1) is 0 Å². The number of aromatic nitrogens is 6. The highest BCUT2D eigenvalue weighted by Gasteiger charge is 2.30. The van der Waals surface area contributed by atoms with Crippen molar-refractivity contribution in [1.82, 2.24) is 29.5 Å². The van der Waals surface area contributed by atoms with Gasteiger partial charge in [-0.25, -0.2) is 19.9 Å². The highest BCUT2D eigenvalue weighted by molar-refractivity contribution is 7.80. The van der Waals surface area contributed by atoms with Gasteiger partial charge in [0.15, 0.2) is 5.65 Å².